The van der Waals surface area contributed by atoms with E-state index in [-0.39, 0.29) is 24.5 Å². The van der Waals surface area contributed by atoms with Gasteiger partial charge in [-0.15, -0.1) is 0 Å². The molecule has 0 aliphatic carbocycles. The average Bonchev–Trinajstić information content (AvgIpc) is 2.58. The molecule has 0 radical (unpaired) electrons. The first-order chi connectivity index (χ1) is 12.2. The van der Waals surface area contributed by atoms with E-state index in [4.69, 9.17) is 16.9 Å². The van der Waals surface area contributed by atoms with Crippen LogP contribution in [-0.2, 0) is 22.7 Å². The first-order valence-corrected chi connectivity index (χ1v) is 9.12. The monoisotopic (exact) mass is 403 g/mol. The Labute approximate surface area is 153 Å². The standard InChI is InChI=1S/C16H13ClF3N3O2S/c17-14-6-5-12(16(18,19)20)10-15(14)26(24,25)23(9-3-7-21)11-13-4-1-2-8-22-13/h1-2,4-6,8,10H,3,9,11H2. The number of alkyl halides is 3. The second kappa shape index (κ2) is 8.03. The molecule has 138 valence electrons. The minimum absolute atomic E-state index is 0.136. The first kappa shape index (κ1) is 20.2. The predicted octanol–water partition coefficient (Wildman–Crippen LogP) is 3.86. The third-order valence-corrected chi connectivity index (χ3v) is 5.74. The van der Waals surface area contributed by atoms with E-state index in [1.165, 1.54) is 6.20 Å². The van der Waals surface area contributed by atoms with E-state index in [1.54, 1.807) is 18.2 Å². The molecule has 0 saturated carbocycles. The van der Waals surface area contributed by atoms with E-state index in [0.717, 1.165) is 10.4 Å². The number of halogens is 4. The Balaban J connectivity index is 2.48. The Morgan fingerprint density at radius 2 is 1.96 bits per heavy atom. The summed E-state index contributed by atoms with van der Waals surface area (Å²) in [5.74, 6) is 0. The molecule has 0 amide bonds. The molecule has 1 aromatic heterocycles. The Morgan fingerprint density at radius 3 is 2.54 bits per heavy atom. The number of benzene rings is 1. The molecule has 5 nitrogen and oxygen atoms in total. The van der Waals surface area contributed by atoms with Gasteiger partial charge >= 0.3 is 6.18 Å². The third kappa shape index (κ3) is 4.72. The molecule has 0 atom stereocenters. The fraction of sp³-hybridized carbons (Fsp3) is 0.250. The highest BCUT2D eigenvalue weighted by Gasteiger charge is 2.34. The number of rotatable bonds is 6. The topological polar surface area (TPSA) is 74.1 Å². The summed E-state index contributed by atoms with van der Waals surface area (Å²) in [5.41, 5.74) is -0.740. The maximum atomic E-state index is 12.9. The minimum Gasteiger partial charge on any atom is -0.260 e. The normalized spacial score (nSPS) is 12.2. The van der Waals surface area contributed by atoms with E-state index in [2.05, 4.69) is 4.98 Å². The lowest BCUT2D eigenvalue weighted by molar-refractivity contribution is -0.137. The number of pyridine rings is 1. The molecule has 0 bridgehead atoms. The number of aromatic nitrogens is 1. The molecule has 0 fully saturated rings. The minimum atomic E-state index is -4.71. The van der Waals surface area contributed by atoms with E-state index >= 15 is 0 Å². The molecule has 2 aromatic rings. The van der Waals surface area contributed by atoms with Crippen LogP contribution in [0.4, 0.5) is 13.2 Å². The number of hydrogen-bond acceptors (Lipinski definition) is 4. The Kier molecular flexibility index (Phi) is 6.23. The number of hydrogen-bond donors (Lipinski definition) is 0. The fourth-order valence-electron chi connectivity index (χ4n) is 2.15. The van der Waals surface area contributed by atoms with Crippen LogP contribution in [-0.4, -0.2) is 24.3 Å². The predicted molar refractivity (Wildman–Crippen MR) is 88.5 cm³/mol. The van der Waals surface area contributed by atoms with Crippen LogP contribution in [0.5, 0.6) is 0 Å². The van der Waals surface area contributed by atoms with Gasteiger partial charge in [-0.1, -0.05) is 17.7 Å². The molecule has 2 rings (SSSR count). The second-order valence-corrected chi connectivity index (χ2v) is 7.52. The van der Waals surface area contributed by atoms with Crippen LogP contribution < -0.4 is 0 Å². The number of sulfonamides is 1. The van der Waals surface area contributed by atoms with Crippen LogP contribution >= 0.6 is 11.6 Å². The number of nitrogens with zero attached hydrogens (tertiary/aromatic N) is 3. The first-order valence-electron chi connectivity index (χ1n) is 7.30. The smallest absolute Gasteiger partial charge is 0.260 e. The van der Waals surface area contributed by atoms with E-state index in [0.29, 0.717) is 17.8 Å². The molecule has 1 heterocycles. The zero-order valence-corrected chi connectivity index (χ0v) is 14.8. The molecular weight excluding hydrogens is 391 g/mol. The van der Waals surface area contributed by atoms with Crippen LogP contribution in [0.2, 0.25) is 5.02 Å². The van der Waals surface area contributed by atoms with Gasteiger partial charge in [0.1, 0.15) is 4.90 Å². The third-order valence-electron chi connectivity index (χ3n) is 3.41. The van der Waals surface area contributed by atoms with Gasteiger partial charge in [0.15, 0.2) is 0 Å². The summed E-state index contributed by atoms with van der Waals surface area (Å²) in [5, 5.41) is 8.43. The summed E-state index contributed by atoms with van der Waals surface area (Å²) in [7, 11) is -4.37. The highest BCUT2D eigenvalue weighted by Crippen LogP contribution is 2.34. The average molecular weight is 404 g/mol. The van der Waals surface area contributed by atoms with Crippen LogP contribution in [0.15, 0.2) is 47.5 Å². The van der Waals surface area contributed by atoms with Crippen molar-refractivity contribution in [2.45, 2.75) is 24.0 Å². The van der Waals surface area contributed by atoms with Crippen molar-refractivity contribution in [1.29, 1.82) is 5.26 Å². The van der Waals surface area contributed by atoms with E-state index < -0.39 is 26.7 Å². The van der Waals surface area contributed by atoms with Crippen molar-refractivity contribution in [2.24, 2.45) is 0 Å². The molecule has 1 aromatic carbocycles. The van der Waals surface area contributed by atoms with Crippen LogP contribution in [0, 0.1) is 11.3 Å². The fourth-order valence-corrected chi connectivity index (χ4v) is 4.06. The van der Waals surface area contributed by atoms with Crippen LogP contribution in [0.1, 0.15) is 17.7 Å². The van der Waals surface area contributed by atoms with Gasteiger partial charge in [-0.05, 0) is 30.3 Å². The van der Waals surface area contributed by atoms with Crippen LogP contribution in [0.25, 0.3) is 0 Å². The maximum absolute atomic E-state index is 12.9. The van der Waals surface area contributed by atoms with Crippen molar-refractivity contribution in [3.8, 4) is 6.07 Å². The van der Waals surface area contributed by atoms with Crippen LogP contribution in [0.3, 0.4) is 0 Å². The highest BCUT2D eigenvalue weighted by molar-refractivity contribution is 7.89. The summed E-state index contributed by atoms with van der Waals surface area (Å²) in [4.78, 5) is 3.35. The molecule has 0 aliphatic rings. The van der Waals surface area contributed by atoms with Gasteiger partial charge < -0.3 is 0 Å². The van der Waals surface area contributed by atoms with Crippen molar-refractivity contribution in [3.05, 3.63) is 58.9 Å². The van der Waals surface area contributed by atoms with Gasteiger partial charge in [-0.25, -0.2) is 8.42 Å². The summed E-state index contributed by atoms with van der Waals surface area (Å²) in [6, 6.07) is 8.77. The molecule has 0 aliphatic heterocycles. The number of nitriles is 1. The quantitative estimate of drug-likeness (QED) is 0.734. The lowest BCUT2D eigenvalue weighted by Gasteiger charge is -2.22. The van der Waals surface area contributed by atoms with Gasteiger partial charge in [0.2, 0.25) is 10.0 Å². The Bertz CT molecular complexity index is 913. The molecule has 0 spiro atoms. The van der Waals surface area contributed by atoms with Crippen molar-refractivity contribution in [3.63, 3.8) is 0 Å². The lowest BCUT2D eigenvalue weighted by Crippen LogP contribution is -2.32. The molecule has 10 heteroatoms. The van der Waals surface area contributed by atoms with Crippen molar-refractivity contribution < 1.29 is 21.6 Å². The Morgan fingerprint density at radius 1 is 1.23 bits per heavy atom. The summed E-state index contributed by atoms with van der Waals surface area (Å²) >= 11 is 5.86. The van der Waals surface area contributed by atoms with E-state index in [9.17, 15) is 21.6 Å². The van der Waals surface area contributed by atoms with Gasteiger partial charge in [-0.3, -0.25) is 4.98 Å². The van der Waals surface area contributed by atoms with Gasteiger partial charge in [0.05, 0.1) is 28.9 Å². The molecule has 0 saturated heterocycles. The molecule has 0 N–H and O–H groups in total. The lowest BCUT2D eigenvalue weighted by atomic mass is 10.2. The van der Waals surface area contributed by atoms with Gasteiger partial charge in [0.25, 0.3) is 0 Å². The molecule has 26 heavy (non-hydrogen) atoms. The zero-order valence-electron chi connectivity index (χ0n) is 13.2. The van der Waals surface area contributed by atoms with Gasteiger partial charge in [-0.2, -0.15) is 22.7 Å². The van der Waals surface area contributed by atoms with E-state index in [1.807, 2.05) is 6.07 Å². The largest absolute Gasteiger partial charge is 0.416 e. The maximum Gasteiger partial charge on any atom is 0.416 e. The SMILES string of the molecule is N#CCCN(Cc1ccccn1)S(=O)(=O)c1cc(C(F)(F)F)ccc1Cl. The zero-order chi connectivity index (χ0) is 19.4. The second-order valence-electron chi connectivity index (χ2n) is 5.21. The Hall–Kier alpha value is -2.15. The summed E-state index contributed by atoms with van der Waals surface area (Å²) < 4.78 is 65.4. The summed E-state index contributed by atoms with van der Waals surface area (Å²) in [6.45, 7) is -0.403. The van der Waals surface area contributed by atoms with Crippen molar-refractivity contribution in [1.82, 2.24) is 9.29 Å². The highest BCUT2D eigenvalue weighted by atomic mass is 35.5. The van der Waals surface area contributed by atoms with Crippen molar-refractivity contribution in [2.75, 3.05) is 6.54 Å². The van der Waals surface area contributed by atoms with Crippen molar-refractivity contribution >= 4 is 21.6 Å². The van der Waals surface area contributed by atoms with Gasteiger partial charge in [0, 0.05) is 19.2 Å². The summed E-state index contributed by atoms with van der Waals surface area (Å²) in [6.07, 6.45) is -3.39. The molecular formula is C16H13ClF3N3O2S. The molecule has 0 unspecified atom stereocenters.